The molecule has 0 saturated carbocycles. The Balaban J connectivity index is 1.89. The Morgan fingerprint density at radius 2 is 1.90 bits per heavy atom. The van der Waals surface area contributed by atoms with Crippen LogP contribution in [0, 0.1) is 0 Å². The zero-order valence-electron chi connectivity index (χ0n) is 11.2. The number of carboxylic acids is 1. The van der Waals surface area contributed by atoms with Gasteiger partial charge in [-0.3, -0.25) is 4.79 Å². The maximum Gasteiger partial charge on any atom is 0.335 e. The van der Waals surface area contributed by atoms with Gasteiger partial charge in [-0.15, -0.1) is 0 Å². The summed E-state index contributed by atoms with van der Waals surface area (Å²) < 4.78 is 6.75. The highest BCUT2D eigenvalue weighted by Crippen LogP contribution is 2.12. The van der Waals surface area contributed by atoms with Gasteiger partial charge in [0, 0.05) is 12.3 Å². The van der Waals surface area contributed by atoms with Crippen LogP contribution in [0.4, 0.5) is 0 Å². The van der Waals surface area contributed by atoms with E-state index in [-0.39, 0.29) is 24.3 Å². The molecular formula is C15H15NO5. The molecule has 21 heavy (non-hydrogen) atoms. The number of aliphatic hydroxyl groups excluding tert-OH is 1. The third-order valence-corrected chi connectivity index (χ3v) is 2.85. The second-order valence-corrected chi connectivity index (χ2v) is 4.49. The monoisotopic (exact) mass is 289 g/mol. The molecule has 0 spiro atoms. The van der Waals surface area contributed by atoms with Crippen molar-refractivity contribution in [2.45, 2.75) is 12.6 Å². The molecule has 2 rings (SSSR count). The van der Waals surface area contributed by atoms with Gasteiger partial charge in [0.15, 0.2) is 0 Å². The zero-order chi connectivity index (χ0) is 15.2. The first-order valence-corrected chi connectivity index (χ1v) is 6.36. The van der Waals surface area contributed by atoms with Gasteiger partial charge in [0.1, 0.15) is 18.5 Å². The Labute approximate surface area is 120 Å². The van der Waals surface area contributed by atoms with Gasteiger partial charge in [-0.1, -0.05) is 6.07 Å². The largest absolute Gasteiger partial charge is 0.491 e. The minimum absolute atomic E-state index is 0.00769. The van der Waals surface area contributed by atoms with E-state index < -0.39 is 12.1 Å². The van der Waals surface area contributed by atoms with E-state index in [0.29, 0.717) is 5.75 Å². The lowest BCUT2D eigenvalue weighted by atomic mass is 10.2. The summed E-state index contributed by atoms with van der Waals surface area (Å²) in [5.74, 6) is -0.551. The van der Waals surface area contributed by atoms with Crippen LogP contribution < -0.4 is 10.3 Å². The van der Waals surface area contributed by atoms with Crippen molar-refractivity contribution < 1.29 is 19.7 Å². The van der Waals surface area contributed by atoms with Crippen LogP contribution in [0.2, 0.25) is 0 Å². The van der Waals surface area contributed by atoms with Gasteiger partial charge in [-0.05, 0) is 30.3 Å². The van der Waals surface area contributed by atoms with E-state index in [4.69, 9.17) is 9.84 Å². The average molecular weight is 289 g/mol. The third-order valence-electron chi connectivity index (χ3n) is 2.85. The summed E-state index contributed by atoms with van der Waals surface area (Å²) in [6, 6.07) is 10.6. The third kappa shape index (κ3) is 4.19. The standard InChI is InChI=1S/C15H15NO5/c17-12(9-16-8-2-1-3-14(16)18)10-21-13-6-4-11(5-7-13)15(19)20/h1-8,12,17H,9-10H2,(H,19,20). The Bertz CT molecular complexity index is 662. The lowest BCUT2D eigenvalue weighted by Gasteiger charge is -2.13. The number of rotatable bonds is 6. The van der Waals surface area contributed by atoms with Crippen molar-refractivity contribution in [3.8, 4) is 5.75 Å². The fourth-order valence-electron chi connectivity index (χ4n) is 1.78. The van der Waals surface area contributed by atoms with E-state index in [2.05, 4.69) is 0 Å². The van der Waals surface area contributed by atoms with Crippen LogP contribution in [0.25, 0.3) is 0 Å². The smallest absolute Gasteiger partial charge is 0.335 e. The molecule has 2 aromatic rings. The number of aromatic nitrogens is 1. The van der Waals surface area contributed by atoms with Gasteiger partial charge in [0.05, 0.1) is 12.1 Å². The fraction of sp³-hybridized carbons (Fsp3) is 0.200. The van der Waals surface area contributed by atoms with E-state index >= 15 is 0 Å². The molecule has 2 N–H and O–H groups in total. The first-order chi connectivity index (χ1) is 10.1. The Hall–Kier alpha value is -2.60. The van der Waals surface area contributed by atoms with Crippen molar-refractivity contribution in [1.82, 2.24) is 4.57 Å². The second kappa shape index (κ2) is 6.71. The molecule has 0 aliphatic rings. The van der Waals surface area contributed by atoms with Crippen molar-refractivity contribution in [2.75, 3.05) is 6.61 Å². The van der Waals surface area contributed by atoms with Crippen molar-refractivity contribution in [2.24, 2.45) is 0 Å². The molecule has 1 unspecified atom stereocenters. The Kier molecular flexibility index (Phi) is 4.73. The number of hydrogen-bond acceptors (Lipinski definition) is 4. The van der Waals surface area contributed by atoms with E-state index in [1.54, 1.807) is 18.3 Å². The number of pyridine rings is 1. The molecule has 0 bridgehead atoms. The summed E-state index contributed by atoms with van der Waals surface area (Å²) >= 11 is 0. The topological polar surface area (TPSA) is 88.8 Å². The summed E-state index contributed by atoms with van der Waals surface area (Å²) in [5, 5.41) is 18.6. The predicted octanol–water partition coefficient (Wildman–Crippen LogP) is 0.986. The minimum atomic E-state index is -1.01. The van der Waals surface area contributed by atoms with Crippen molar-refractivity contribution in [3.63, 3.8) is 0 Å². The van der Waals surface area contributed by atoms with Crippen LogP contribution in [-0.4, -0.2) is 33.5 Å². The first-order valence-electron chi connectivity index (χ1n) is 6.36. The van der Waals surface area contributed by atoms with Crippen molar-refractivity contribution in [3.05, 3.63) is 64.6 Å². The quantitative estimate of drug-likeness (QED) is 0.827. The highest BCUT2D eigenvalue weighted by molar-refractivity contribution is 5.87. The maximum absolute atomic E-state index is 11.5. The summed E-state index contributed by atoms with van der Waals surface area (Å²) in [4.78, 5) is 22.2. The number of carboxylic acid groups (broad SMARTS) is 1. The summed E-state index contributed by atoms with van der Waals surface area (Å²) in [6.45, 7) is 0.140. The molecule has 6 nitrogen and oxygen atoms in total. The van der Waals surface area contributed by atoms with Gasteiger partial charge in [0.25, 0.3) is 5.56 Å². The molecule has 0 saturated heterocycles. The molecular weight excluding hydrogens is 274 g/mol. The predicted molar refractivity (Wildman–Crippen MR) is 75.6 cm³/mol. The SMILES string of the molecule is O=C(O)c1ccc(OCC(O)Cn2ccccc2=O)cc1. The number of aromatic carboxylic acids is 1. The first kappa shape index (κ1) is 14.8. The molecule has 1 aromatic carbocycles. The van der Waals surface area contributed by atoms with Crippen LogP contribution in [0.3, 0.4) is 0 Å². The summed E-state index contributed by atoms with van der Waals surface area (Å²) in [7, 11) is 0. The lowest BCUT2D eigenvalue weighted by molar-refractivity contribution is 0.0696. The summed E-state index contributed by atoms with van der Waals surface area (Å²) in [5.41, 5.74) is -0.0268. The molecule has 110 valence electrons. The van der Waals surface area contributed by atoms with E-state index in [0.717, 1.165) is 0 Å². The Morgan fingerprint density at radius 1 is 1.19 bits per heavy atom. The number of carbonyl (C=O) groups is 1. The number of nitrogens with zero attached hydrogens (tertiary/aromatic N) is 1. The molecule has 6 heteroatoms. The zero-order valence-corrected chi connectivity index (χ0v) is 11.2. The molecule has 0 fully saturated rings. The highest BCUT2D eigenvalue weighted by atomic mass is 16.5. The van der Waals surface area contributed by atoms with Crippen LogP contribution >= 0.6 is 0 Å². The lowest BCUT2D eigenvalue weighted by Crippen LogP contribution is -2.29. The molecule has 1 aromatic heterocycles. The number of hydrogen-bond donors (Lipinski definition) is 2. The number of aliphatic hydroxyl groups is 1. The highest BCUT2D eigenvalue weighted by Gasteiger charge is 2.08. The maximum atomic E-state index is 11.5. The van der Waals surface area contributed by atoms with Gasteiger partial charge >= 0.3 is 5.97 Å². The van der Waals surface area contributed by atoms with E-state index in [1.807, 2.05) is 0 Å². The van der Waals surface area contributed by atoms with E-state index in [9.17, 15) is 14.7 Å². The average Bonchev–Trinajstić information content (AvgIpc) is 2.48. The minimum Gasteiger partial charge on any atom is -0.491 e. The Morgan fingerprint density at radius 3 is 2.52 bits per heavy atom. The van der Waals surface area contributed by atoms with Gasteiger partial charge < -0.3 is 19.5 Å². The molecule has 1 heterocycles. The molecule has 0 aliphatic heterocycles. The van der Waals surface area contributed by atoms with Crippen LogP contribution in [0.1, 0.15) is 10.4 Å². The van der Waals surface area contributed by atoms with E-state index in [1.165, 1.54) is 34.9 Å². The molecule has 1 atom stereocenters. The normalized spacial score (nSPS) is 11.9. The molecule has 0 aliphatic carbocycles. The van der Waals surface area contributed by atoms with Gasteiger partial charge in [-0.2, -0.15) is 0 Å². The summed E-state index contributed by atoms with van der Waals surface area (Å²) in [6.07, 6.45) is 0.747. The van der Waals surface area contributed by atoms with Gasteiger partial charge in [0.2, 0.25) is 0 Å². The number of benzene rings is 1. The van der Waals surface area contributed by atoms with Crippen molar-refractivity contribution >= 4 is 5.97 Å². The second-order valence-electron chi connectivity index (χ2n) is 4.49. The van der Waals surface area contributed by atoms with Crippen molar-refractivity contribution in [1.29, 1.82) is 0 Å². The molecule has 0 amide bonds. The molecule has 0 radical (unpaired) electrons. The fourth-order valence-corrected chi connectivity index (χ4v) is 1.78. The van der Waals surface area contributed by atoms with Crippen LogP contribution in [-0.2, 0) is 6.54 Å². The van der Waals surface area contributed by atoms with Crippen LogP contribution in [0.5, 0.6) is 5.75 Å². The van der Waals surface area contributed by atoms with Gasteiger partial charge in [-0.25, -0.2) is 4.79 Å². The number of ether oxygens (including phenoxy) is 1. The van der Waals surface area contributed by atoms with Crippen LogP contribution in [0.15, 0.2) is 53.5 Å².